The first-order valence-corrected chi connectivity index (χ1v) is 12.9. The number of hydrogen-bond acceptors (Lipinski definition) is 7. The van der Waals surface area contributed by atoms with E-state index in [-0.39, 0.29) is 11.9 Å². The number of ether oxygens (including phenoxy) is 1. The standard InChI is InChI=1S/C23H27N5O2S2/c29-21(27-10-4-8-19(27)20-9-5-15-31-20)17-32-23-25-24-22(26-11-13-30-14-12-26)28(23)16-18-6-2-1-3-7-18/h1-3,5-7,9,15,19H,4,8,10-14,16-17H2. The topological polar surface area (TPSA) is 63.5 Å². The van der Waals surface area contributed by atoms with Gasteiger partial charge in [0.2, 0.25) is 11.9 Å². The maximum absolute atomic E-state index is 13.1. The first-order chi connectivity index (χ1) is 15.8. The molecular weight excluding hydrogens is 442 g/mol. The van der Waals surface area contributed by atoms with Crippen LogP contribution in [-0.4, -0.2) is 64.2 Å². The van der Waals surface area contributed by atoms with E-state index in [0.29, 0.717) is 25.5 Å². The SMILES string of the molecule is O=C(CSc1nnc(N2CCOCC2)n1Cc1ccccc1)N1CCCC1c1cccs1. The molecule has 0 spiro atoms. The molecule has 1 amide bonds. The summed E-state index contributed by atoms with van der Waals surface area (Å²) in [6, 6.07) is 14.7. The summed E-state index contributed by atoms with van der Waals surface area (Å²) in [6.07, 6.45) is 2.10. The average molecular weight is 470 g/mol. The number of carbonyl (C=O) groups excluding carboxylic acids is 1. The number of aromatic nitrogens is 3. The van der Waals surface area contributed by atoms with E-state index < -0.39 is 0 Å². The van der Waals surface area contributed by atoms with Crippen molar-refractivity contribution in [2.24, 2.45) is 0 Å². The van der Waals surface area contributed by atoms with Gasteiger partial charge in [-0.3, -0.25) is 9.36 Å². The number of likely N-dealkylation sites (tertiary alicyclic amines) is 1. The summed E-state index contributed by atoms with van der Waals surface area (Å²) in [7, 11) is 0. The lowest BCUT2D eigenvalue weighted by Crippen LogP contribution is -2.38. The number of carbonyl (C=O) groups is 1. The van der Waals surface area contributed by atoms with E-state index in [1.54, 1.807) is 11.3 Å². The lowest BCUT2D eigenvalue weighted by molar-refractivity contribution is -0.129. The molecular formula is C23H27N5O2S2. The summed E-state index contributed by atoms with van der Waals surface area (Å²) in [4.78, 5) is 18.7. The highest BCUT2D eigenvalue weighted by Crippen LogP contribution is 2.35. The zero-order chi connectivity index (χ0) is 21.8. The number of benzene rings is 1. The number of amides is 1. The van der Waals surface area contributed by atoms with Gasteiger partial charge in [-0.1, -0.05) is 48.2 Å². The number of morpholine rings is 1. The minimum absolute atomic E-state index is 0.174. The van der Waals surface area contributed by atoms with Crippen molar-refractivity contribution >= 4 is 35.0 Å². The quantitative estimate of drug-likeness (QED) is 0.492. The van der Waals surface area contributed by atoms with Crippen LogP contribution in [0.3, 0.4) is 0 Å². The lowest BCUT2D eigenvalue weighted by Gasteiger charge is -2.28. The van der Waals surface area contributed by atoms with Crippen LogP contribution < -0.4 is 4.90 Å². The molecule has 9 heteroatoms. The molecule has 0 aliphatic carbocycles. The molecule has 168 valence electrons. The van der Waals surface area contributed by atoms with Crippen molar-refractivity contribution in [3.05, 3.63) is 58.3 Å². The Morgan fingerprint density at radius 2 is 1.94 bits per heavy atom. The second-order valence-electron chi connectivity index (χ2n) is 8.00. The largest absolute Gasteiger partial charge is 0.378 e. The maximum Gasteiger partial charge on any atom is 0.233 e. The Morgan fingerprint density at radius 3 is 2.72 bits per heavy atom. The fourth-order valence-corrected chi connectivity index (χ4v) is 6.03. The number of thioether (sulfide) groups is 1. The monoisotopic (exact) mass is 469 g/mol. The third-order valence-corrected chi connectivity index (χ3v) is 7.87. The predicted molar refractivity (Wildman–Crippen MR) is 127 cm³/mol. The molecule has 7 nitrogen and oxygen atoms in total. The molecule has 2 aliphatic heterocycles. The minimum atomic E-state index is 0.174. The Labute approximate surface area is 196 Å². The fourth-order valence-electron chi connectivity index (χ4n) is 4.34. The van der Waals surface area contributed by atoms with Gasteiger partial charge < -0.3 is 14.5 Å². The van der Waals surface area contributed by atoms with Gasteiger partial charge in [0.25, 0.3) is 0 Å². The van der Waals surface area contributed by atoms with Crippen LogP contribution in [0.4, 0.5) is 5.95 Å². The molecule has 1 atom stereocenters. The van der Waals surface area contributed by atoms with E-state index in [1.807, 2.05) is 23.1 Å². The van der Waals surface area contributed by atoms with Crippen molar-refractivity contribution < 1.29 is 9.53 Å². The normalized spacial score (nSPS) is 18.9. The zero-order valence-electron chi connectivity index (χ0n) is 17.9. The molecule has 0 N–H and O–H groups in total. The van der Waals surface area contributed by atoms with Gasteiger partial charge in [-0.05, 0) is 29.9 Å². The first-order valence-electron chi connectivity index (χ1n) is 11.0. The Balaban J connectivity index is 1.32. The second-order valence-corrected chi connectivity index (χ2v) is 9.92. The van der Waals surface area contributed by atoms with Gasteiger partial charge >= 0.3 is 0 Å². The highest BCUT2D eigenvalue weighted by Gasteiger charge is 2.31. The van der Waals surface area contributed by atoms with Gasteiger partial charge in [-0.15, -0.1) is 21.5 Å². The van der Waals surface area contributed by atoms with Crippen molar-refractivity contribution in [1.82, 2.24) is 19.7 Å². The van der Waals surface area contributed by atoms with E-state index in [2.05, 4.69) is 49.3 Å². The van der Waals surface area contributed by atoms with Crippen molar-refractivity contribution in [2.75, 3.05) is 43.5 Å². The highest BCUT2D eigenvalue weighted by atomic mass is 32.2. The van der Waals surface area contributed by atoms with Gasteiger partial charge in [0.15, 0.2) is 5.16 Å². The molecule has 0 bridgehead atoms. The molecule has 0 radical (unpaired) electrons. The Morgan fingerprint density at radius 1 is 1.09 bits per heavy atom. The third kappa shape index (κ3) is 4.69. The van der Waals surface area contributed by atoms with Crippen LogP contribution in [0.5, 0.6) is 0 Å². The molecule has 5 rings (SSSR count). The Hall–Kier alpha value is -2.36. The molecule has 1 aromatic carbocycles. The number of nitrogens with zero attached hydrogens (tertiary/aromatic N) is 5. The lowest BCUT2D eigenvalue weighted by atomic mass is 10.2. The molecule has 2 aromatic heterocycles. The van der Waals surface area contributed by atoms with E-state index in [4.69, 9.17) is 4.74 Å². The van der Waals surface area contributed by atoms with Crippen molar-refractivity contribution in [1.29, 1.82) is 0 Å². The van der Waals surface area contributed by atoms with Gasteiger partial charge in [-0.2, -0.15) is 0 Å². The van der Waals surface area contributed by atoms with Gasteiger partial charge in [-0.25, -0.2) is 0 Å². The van der Waals surface area contributed by atoms with E-state index in [9.17, 15) is 4.79 Å². The molecule has 32 heavy (non-hydrogen) atoms. The molecule has 2 saturated heterocycles. The summed E-state index contributed by atoms with van der Waals surface area (Å²) < 4.78 is 7.65. The van der Waals surface area contributed by atoms with Crippen molar-refractivity contribution in [3.8, 4) is 0 Å². The zero-order valence-corrected chi connectivity index (χ0v) is 19.6. The van der Waals surface area contributed by atoms with Crippen LogP contribution in [0, 0.1) is 0 Å². The van der Waals surface area contributed by atoms with E-state index in [1.165, 1.54) is 22.2 Å². The van der Waals surface area contributed by atoms with Crippen LogP contribution in [-0.2, 0) is 16.1 Å². The molecule has 3 aromatic rings. The summed E-state index contributed by atoms with van der Waals surface area (Å²) in [5.74, 6) is 1.40. The Bertz CT molecular complexity index is 1020. The molecule has 0 saturated carbocycles. The van der Waals surface area contributed by atoms with Crippen molar-refractivity contribution in [2.45, 2.75) is 30.6 Å². The third-order valence-electron chi connectivity index (χ3n) is 5.94. The van der Waals surface area contributed by atoms with Crippen LogP contribution >= 0.6 is 23.1 Å². The summed E-state index contributed by atoms with van der Waals surface area (Å²) in [5.41, 5.74) is 1.19. The summed E-state index contributed by atoms with van der Waals surface area (Å²) in [6.45, 7) is 4.49. The smallest absolute Gasteiger partial charge is 0.233 e. The summed E-state index contributed by atoms with van der Waals surface area (Å²) >= 11 is 3.22. The maximum atomic E-state index is 13.1. The number of hydrogen-bond donors (Lipinski definition) is 0. The number of thiophene rings is 1. The Kier molecular flexibility index (Phi) is 6.75. The predicted octanol–water partition coefficient (Wildman–Crippen LogP) is 3.68. The average Bonchev–Trinajstić information content (AvgIpc) is 3.59. The first kappa shape index (κ1) is 21.5. The van der Waals surface area contributed by atoms with Crippen LogP contribution in [0.2, 0.25) is 0 Å². The second kappa shape index (κ2) is 10.1. The van der Waals surface area contributed by atoms with E-state index in [0.717, 1.165) is 43.6 Å². The van der Waals surface area contributed by atoms with Crippen LogP contribution in [0.1, 0.15) is 29.3 Å². The van der Waals surface area contributed by atoms with Crippen LogP contribution in [0.15, 0.2) is 53.0 Å². The van der Waals surface area contributed by atoms with Gasteiger partial charge in [0.1, 0.15) is 0 Å². The molecule has 1 unspecified atom stereocenters. The summed E-state index contributed by atoms with van der Waals surface area (Å²) in [5, 5.41) is 11.9. The fraction of sp³-hybridized carbons (Fsp3) is 0.435. The molecule has 4 heterocycles. The van der Waals surface area contributed by atoms with Gasteiger partial charge in [0.05, 0.1) is 31.6 Å². The minimum Gasteiger partial charge on any atom is -0.378 e. The van der Waals surface area contributed by atoms with Crippen LogP contribution in [0.25, 0.3) is 0 Å². The van der Waals surface area contributed by atoms with E-state index >= 15 is 0 Å². The number of rotatable bonds is 7. The molecule has 2 fully saturated rings. The number of anilines is 1. The molecule has 2 aliphatic rings. The highest BCUT2D eigenvalue weighted by molar-refractivity contribution is 7.99. The van der Waals surface area contributed by atoms with Gasteiger partial charge in [0, 0.05) is 24.5 Å². The van der Waals surface area contributed by atoms with Crippen molar-refractivity contribution in [3.63, 3.8) is 0 Å².